The lowest BCUT2D eigenvalue weighted by Crippen LogP contribution is -2.42. The van der Waals surface area contributed by atoms with Crippen molar-refractivity contribution in [1.29, 1.82) is 0 Å². The summed E-state index contributed by atoms with van der Waals surface area (Å²) in [6.45, 7) is 7.60. The molecule has 1 unspecified atom stereocenters. The van der Waals surface area contributed by atoms with Gasteiger partial charge in [0.05, 0.1) is 13.2 Å². The molecule has 144 valence electrons. The number of nitrogens with zero attached hydrogens (tertiary/aromatic N) is 2. The van der Waals surface area contributed by atoms with Crippen molar-refractivity contribution in [2.45, 2.75) is 12.5 Å². The van der Waals surface area contributed by atoms with Crippen LogP contribution < -0.4 is 5.32 Å². The Bertz CT molecular complexity index is 807. The SMILES string of the molecule is O=C(NC1CCN(CCN2CCOCC2)C1)c1ccc(F)c2ccccc12. The molecule has 0 bridgehead atoms. The van der Waals surface area contributed by atoms with Crippen LogP contribution in [0.1, 0.15) is 16.8 Å². The fourth-order valence-corrected chi connectivity index (χ4v) is 3.98. The summed E-state index contributed by atoms with van der Waals surface area (Å²) in [6.07, 6.45) is 0.952. The summed E-state index contributed by atoms with van der Waals surface area (Å²) in [5, 5.41) is 4.29. The van der Waals surface area contributed by atoms with Crippen LogP contribution in [0.2, 0.25) is 0 Å². The lowest BCUT2D eigenvalue weighted by molar-refractivity contribution is 0.0343. The minimum atomic E-state index is -0.294. The van der Waals surface area contributed by atoms with E-state index in [1.54, 1.807) is 24.3 Å². The molecule has 6 heteroatoms. The number of hydrogen-bond acceptors (Lipinski definition) is 4. The van der Waals surface area contributed by atoms with Crippen molar-refractivity contribution in [2.75, 3.05) is 52.5 Å². The molecule has 2 saturated heterocycles. The number of hydrogen-bond donors (Lipinski definition) is 1. The molecule has 27 heavy (non-hydrogen) atoms. The van der Waals surface area contributed by atoms with Crippen LogP contribution >= 0.6 is 0 Å². The van der Waals surface area contributed by atoms with E-state index in [0.717, 1.165) is 58.9 Å². The van der Waals surface area contributed by atoms with Crippen LogP contribution in [0.3, 0.4) is 0 Å². The highest BCUT2D eigenvalue weighted by Crippen LogP contribution is 2.22. The van der Waals surface area contributed by atoms with E-state index in [9.17, 15) is 9.18 Å². The number of ether oxygens (including phenoxy) is 1. The summed E-state index contributed by atoms with van der Waals surface area (Å²) in [7, 11) is 0. The second-order valence-electron chi connectivity index (χ2n) is 7.35. The van der Waals surface area contributed by atoms with Gasteiger partial charge in [0.2, 0.25) is 0 Å². The molecule has 0 aliphatic carbocycles. The van der Waals surface area contributed by atoms with Crippen molar-refractivity contribution in [3.8, 4) is 0 Å². The molecule has 0 saturated carbocycles. The normalized spacial score (nSPS) is 21.6. The third-order valence-corrected chi connectivity index (χ3v) is 5.56. The number of benzene rings is 2. The second-order valence-corrected chi connectivity index (χ2v) is 7.35. The maximum absolute atomic E-state index is 14.0. The van der Waals surface area contributed by atoms with Gasteiger partial charge in [0.15, 0.2) is 0 Å². The van der Waals surface area contributed by atoms with E-state index in [2.05, 4.69) is 15.1 Å². The molecular weight excluding hydrogens is 345 g/mol. The summed E-state index contributed by atoms with van der Waals surface area (Å²) in [4.78, 5) is 17.6. The van der Waals surface area contributed by atoms with Crippen LogP contribution in [-0.4, -0.2) is 74.2 Å². The first-order chi connectivity index (χ1) is 13.2. The zero-order valence-electron chi connectivity index (χ0n) is 15.5. The third-order valence-electron chi connectivity index (χ3n) is 5.56. The Balaban J connectivity index is 1.33. The van der Waals surface area contributed by atoms with Crippen LogP contribution in [0.4, 0.5) is 4.39 Å². The topological polar surface area (TPSA) is 44.8 Å². The largest absolute Gasteiger partial charge is 0.379 e. The van der Waals surface area contributed by atoms with Gasteiger partial charge < -0.3 is 10.1 Å². The Labute approximate surface area is 159 Å². The Hall–Kier alpha value is -2.02. The molecule has 1 atom stereocenters. The smallest absolute Gasteiger partial charge is 0.252 e. The average molecular weight is 371 g/mol. The van der Waals surface area contributed by atoms with Crippen LogP contribution in [-0.2, 0) is 4.74 Å². The van der Waals surface area contributed by atoms with E-state index in [-0.39, 0.29) is 17.8 Å². The number of halogens is 1. The molecule has 2 aliphatic heterocycles. The van der Waals surface area contributed by atoms with Crippen molar-refractivity contribution in [3.05, 3.63) is 47.8 Å². The highest BCUT2D eigenvalue weighted by Gasteiger charge is 2.25. The highest BCUT2D eigenvalue weighted by atomic mass is 19.1. The molecular formula is C21H26FN3O2. The summed E-state index contributed by atoms with van der Waals surface area (Å²) in [5.41, 5.74) is 0.541. The molecule has 1 amide bonds. The van der Waals surface area contributed by atoms with Crippen LogP contribution in [0.25, 0.3) is 10.8 Å². The van der Waals surface area contributed by atoms with Crippen molar-refractivity contribution < 1.29 is 13.9 Å². The Morgan fingerprint density at radius 3 is 2.59 bits per heavy atom. The van der Waals surface area contributed by atoms with Crippen molar-refractivity contribution in [3.63, 3.8) is 0 Å². The number of carbonyl (C=O) groups excluding carboxylic acids is 1. The van der Waals surface area contributed by atoms with Gasteiger partial charge in [0.25, 0.3) is 5.91 Å². The molecule has 2 heterocycles. The minimum absolute atomic E-state index is 0.119. The number of likely N-dealkylation sites (tertiary alicyclic amines) is 1. The minimum Gasteiger partial charge on any atom is -0.379 e. The number of rotatable bonds is 5. The average Bonchev–Trinajstić information content (AvgIpc) is 3.15. The summed E-state index contributed by atoms with van der Waals surface area (Å²) >= 11 is 0. The molecule has 2 fully saturated rings. The molecule has 1 N–H and O–H groups in total. The molecule has 2 aromatic rings. The Morgan fingerprint density at radius 2 is 1.78 bits per heavy atom. The first-order valence-electron chi connectivity index (χ1n) is 9.71. The Morgan fingerprint density at radius 1 is 1.04 bits per heavy atom. The molecule has 0 aromatic heterocycles. The van der Waals surface area contributed by atoms with Crippen molar-refractivity contribution in [1.82, 2.24) is 15.1 Å². The third kappa shape index (κ3) is 4.29. The van der Waals surface area contributed by atoms with Crippen molar-refractivity contribution >= 4 is 16.7 Å². The predicted molar refractivity (Wildman–Crippen MR) is 103 cm³/mol. The lowest BCUT2D eigenvalue weighted by atomic mass is 10.0. The molecule has 5 nitrogen and oxygen atoms in total. The standard InChI is InChI=1S/C21H26FN3O2/c22-20-6-5-19(17-3-1-2-4-18(17)20)21(26)23-16-7-8-25(15-16)10-9-24-11-13-27-14-12-24/h1-6,16H,7-15H2,(H,23,26). The molecule has 4 rings (SSSR count). The first kappa shape index (κ1) is 18.3. The summed E-state index contributed by atoms with van der Waals surface area (Å²) < 4.78 is 19.4. The van der Waals surface area contributed by atoms with Crippen LogP contribution in [0, 0.1) is 5.82 Å². The van der Waals surface area contributed by atoms with Gasteiger partial charge in [-0.25, -0.2) is 4.39 Å². The highest BCUT2D eigenvalue weighted by molar-refractivity contribution is 6.07. The van der Waals surface area contributed by atoms with E-state index in [0.29, 0.717) is 16.3 Å². The second kappa shape index (κ2) is 8.33. The lowest BCUT2D eigenvalue weighted by Gasteiger charge is -2.28. The fraction of sp³-hybridized carbons (Fsp3) is 0.476. The van der Waals surface area contributed by atoms with E-state index >= 15 is 0 Å². The van der Waals surface area contributed by atoms with E-state index in [4.69, 9.17) is 4.74 Å². The van der Waals surface area contributed by atoms with Gasteiger partial charge in [-0.2, -0.15) is 0 Å². The maximum Gasteiger partial charge on any atom is 0.252 e. The first-order valence-corrected chi connectivity index (χ1v) is 9.71. The monoisotopic (exact) mass is 371 g/mol. The molecule has 0 spiro atoms. The van der Waals surface area contributed by atoms with Crippen molar-refractivity contribution in [2.24, 2.45) is 0 Å². The van der Waals surface area contributed by atoms with Gasteiger partial charge in [-0.15, -0.1) is 0 Å². The van der Waals surface area contributed by atoms with Gasteiger partial charge in [-0.3, -0.25) is 14.6 Å². The number of fused-ring (bicyclic) bond motifs is 1. The Kier molecular flexibility index (Phi) is 5.66. The van der Waals surface area contributed by atoms with E-state index in [1.807, 2.05) is 6.07 Å². The van der Waals surface area contributed by atoms with Gasteiger partial charge >= 0.3 is 0 Å². The summed E-state index contributed by atoms with van der Waals surface area (Å²) in [5.74, 6) is -0.413. The number of nitrogens with one attached hydrogen (secondary N) is 1. The van der Waals surface area contributed by atoms with E-state index in [1.165, 1.54) is 6.07 Å². The zero-order chi connectivity index (χ0) is 18.6. The molecule has 2 aliphatic rings. The zero-order valence-corrected chi connectivity index (χ0v) is 15.5. The van der Waals surface area contributed by atoms with Gasteiger partial charge in [-0.1, -0.05) is 24.3 Å². The predicted octanol–water partition coefficient (Wildman–Crippen LogP) is 2.12. The van der Waals surface area contributed by atoms with Gasteiger partial charge in [0, 0.05) is 56.3 Å². The van der Waals surface area contributed by atoms with Gasteiger partial charge in [-0.05, 0) is 23.9 Å². The van der Waals surface area contributed by atoms with Crippen LogP contribution in [0.15, 0.2) is 36.4 Å². The molecule has 2 aromatic carbocycles. The van der Waals surface area contributed by atoms with Gasteiger partial charge in [0.1, 0.15) is 5.82 Å². The fourth-order valence-electron chi connectivity index (χ4n) is 3.98. The number of amides is 1. The van der Waals surface area contributed by atoms with E-state index < -0.39 is 0 Å². The molecule has 0 radical (unpaired) electrons. The quantitative estimate of drug-likeness (QED) is 0.875. The summed E-state index contributed by atoms with van der Waals surface area (Å²) in [6, 6.07) is 10.2. The maximum atomic E-state index is 14.0. The van der Waals surface area contributed by atoms with Crippen LogP contribution in [0.5, 0.6) is 0 Å². The number of carbonyl (C=O) groups is 1. The number of morpholine rings is 1.